The fourth-order valence-corrected chi connectivity index (χ4v) is 3.42. The molecule has 2 fully saturated rings. The summed E-state index contributed by atoms with van der Waals surface area (Å²) < 4.78 is 0. The van der Waals surface area contributed by atoms with Gasteiger partial charge >= 0.3 is 6.09 Å². The first-order valence-corrected chi connectivity index (χ1v) is 6.17. The van der Waals surface area contributed by atoms with Crippen molar-refractivity contribution in [3.05, 3.63) is 39.9 Å². The molecule has 0 radical (unpaired) electrons. The van der Waals surface area contributed by atoms with Gasteiger partial charge in [0.15, 0.2) is 0 Å². The van der Waals surface area contributed by atoms with E-state index in [4.69, 9.17) is 5.11 Å². The largest absolute Gasteiger partial charge is 0.465 e. The van der Waals surface area contributed by atoms with E-state index in [1.807, 2.05) is 6.07 Å². The lowest BCUT2D eigenvalue weighted by Crippen LogP contribution is -2.33. The van der Waals surface area contributed by atoms with Crippen molar-refractivity contribution in [1.82, 2.24) is 4.90 Å². The molecule has 1 aliphatic heterocycles. The number of benzene rings is 1. The first kappa shape index (κ1) is 12.0. The van der Waals surface area contributed by atoms with Gasteiger partial charge in [0.25, 0.3) is 5.69 Å². The number of amides is 1. The van der Waals surface area contributed by atoms with Crippen molar-refractivity contribution in [3.63, 3.8) is 0 Å². The van der Waals surface area contributed by atoms with Gasteiger partial charge in [0, 0.05) is 30.6 Å². The Morgan fingerprint density at radius 2 is 2.11 bits per heavy atom. The Hall–Kier alpha value is -2.11. The summed E-state index contributed by atoms with van der Waals surface area (Å²) in [5, 5.41) is 19.8. The summed E-state index contributed by atoms with van der Waals surface area (Å²) in [6.45, 7) is 3.12. The average Bonchev–Trinajstić information content (AvgIpc) is 2.78. The molecule has 0 bridgehead atoms. The second-order valence-electron chi connectivity index (χ2n) is 5.49. The molecule has 2 atom stereocenters. The van der Waals surface area contributed by atoms with Crippen molar-refractivity contribution in [2.45, 2.75) is 12.3 Å². The third-order valence-electron chi connectivity index (χ3n) is 4.70. The molecule has 6 heteroatoms. The van der Waals surface area contributed by atoms with Gasteiger partial charge in [-0.25, -0.2) is 4.79 Å². The lowest BCUT2D eigenvalue weighted by molar-refractivity contribution is -0.384. The van der Waals surface area contributed by atoms with Gasteiger partial charge in [-0.3, -0.25) is 10.1 Å². The summed E-state index contributed by atoms with van der Waals surface area (Å²) in [5.74, 6) is 0.566. The van der Waals surface area contributed by atoms with Crippen LogP contribution in [0.3, 0.4) is 0 Å². The van der Waals surface area contributed by atoms with Crippen LogP contribution in [0.15, 0.2) is 24.3 Å². The van der Waals surface area contributed by atoms with Crippen LogP contribution >= 0.6 is 0 Å². The van der Waals surface area contributed by atoms with Crippen LogP contribution in [0.5, 0.6) is 0 Å². The summed E-state index contributed by atoms with van der Waals surface area (Å²) >= 11 is 0. The fraction of sp³-hybridized carbons (Fsp3) is 0.462. The van der Waals surface area contributed by atoms with E-state index in [-0.39, 0.29) is 22.9 Å². The first-order chi connectivity index (χ1) is 8.94. The number of nitrogens with zero attached hydrogens (tertiary/aromatic N) is 2. The number of carboxylic acid groups (broad SMARTS) is 1. The number of rotatable bonds is 2. The smallest absolute Gasteiger partial charge is 0.407 e. The molecule has 1 heterocycles. The summed E-state index contributed by atoms with van der Waals surface area (Å²) in [4.78, 5) is 22.7. The molecule has 1 aliphatic carbocycles. The Kier molecular flexibility index (Phi) is 2.32. The summed E-state index contributed by atoms with van der Waals surface area (Å²) in [6, 6.07) is 6.69. The van der Waals surface area contributed by atoms with E-state index in [1.54, 1.807) is 12.1 Å². The topological polar surface area (TPSA) is 83.7 Å². The zero-order valence-electron chi connectivity index (χ0n) is 10.4. The molecular formula is C13H14N2O4. The monoisotopic (exact) mass is 262 g/mol. The van der Waals surface area contributed by atoms with Crippen molar-refractivity contribution in [2.75, 3.05) is 13.1 Å². The van der Waals surface area contributed by atoms with Crippen molar-refractivity contribution in [1.29, 1.82) is 0 Å². The molecule has 19 heavy (non-hydrogen) atoms. The number of fused-ring (bicyclic) bond motifs is 1. The minimum Gasteiger partial charge on any atom is -0.465 e. The van der Waals surface area contributed by atoms with Gasteiger partial charge in [-0.1, -0.05) is 19.1 Å². The van der Waals surface area contributed by atoms with Crippen LogP contribution in [0.4, 0.5) is 10.5 Å². The molecule has 100 valence electrons. The predicted octanol–water partition coefficient (Wildman–Crippen LogP) is 2.09. The molecule has 1 saturated carbocycles. The highest BCUT2D eigenvalue weighted by Gasteiger charge is 2.66. The number of likely N-dealkylation sites (tertiary alicyclic amines) is 1. The molecular weight excluding hydrogens is 248 g/mol. The number of non-ortho nitro benzene ring substituents is 1. The van der Waals surface area contributed by atoms with Gasteiger partial charge < -0.3 is 10.0 Å². The molecule has 2 unspecified atom stereocenters. The Bertz CT molecular complexity index is 560. The highest BCUT2D eigenvalue weighted by atomic mass is 16.6. The van der Waals surface area contributed by atoms with Gasteiger partial charge in [0.1, 0.15) is 0 Å². The van der Waals surface area contributed by atoms with E-state index in [0.717, 1.165) is 5.56 Å². The Morgan fingerprint density at radius 1 is 1.47 bits per heavy atom. The van der Waals surface area contributed by atoms with Crippen LogP contribution in [0, 0.1) is 22.0 Å². The van der Waals surface area contributed by atoms with Crippen LogP contribution in [0.1, 0.15) is 12.5 Å². The van der Waals surface area contributed by atoms with Crippen molar-refractivity contribution >= 4 is 11.8 Å². The maximum atomic E-state index is 10.9. The quantitative estimate of drug-likeness (QED) is 0.653. The lowest BCUT2D eigenvalue weighted by atomic mass is 9.92. The summed E-state index contributed by atoms with van der Waals surface area (Å²) in [6.07, 6.45) is -0.881. The molecule has 6 nitrogen and oxygen atoms in total. The van der Waals surface area contributed by atoms with Gasteiger partial charge in [0.2, 0.25) is 0 Å². The number of nitro groups is 1. The summed E-state index contributed by atoms with van der Waals surface area (Å²) in [7, 11) is 0. The van der Waals surface area contributed by atoms with Crippen LogP contribution in [-0.4, -0.2) is 34.1 Å². The zero-order chi connectivity index (χ0) is 13.8. The second-order valence-corrected chi connectivity index (χ2v) is 5.49. The fourth-order valence-electron chi connectivity index (χ4n) is 3.42. The van der Waals surface area contributed by atoms with Gasteiger partial charge in [-0.2, -0.15) is 0 Å². The highest BCUT2D eigenvalue weighted by molar-refractivity contribution is 5.66. The van der Waals surface area contributed by atoms with Crippen molar-refractivity contribution in [3.8, 4) is 0 Å². The van der Waals surface area contributed by atoms with Gasteiger partial charge in [0.05, 0.1) is 4.92 Å². The molecule has 1 saturated heterocycles. The maximum absolute atomic E-state index is 10.9. The van der Waals surface area contributed by atoms with Crippen molar-refractivity contribution < 1.29 is 14.8 Å². The first-order valence-electron chi connectivity index (χ1n) is 6.17. The van der Waals surface area contributed by atoms with Crippen LogP contribution < -0.4 is 0 Å². The standard InChI is InChI=1S/C13H14N2O4/c1-13(8-3-2-4-9(5-8)15(18)19)10-6-14(12(16)17)7-11(10)13/h2-5,10-11H,6-7H2,1H3,(H,16,17). The average molecular weight is 262 g/mol. The Labute approximate surface area is 109 Å². The van der Waals surface area contributed by atoms with E-state index in [1.165, 1.54) is 11.0 Å². The van der Waals surface area contributed by atoms with Crippen LogP contribution in [0.2, 0.25) is 0 Å². The molecule has 3 rings (SSSR count). The molecule has 1 aromatic carbocycles. The molecule has 1 aromatic rings. The van der Waals surface area contributed by atoms with Crippen LogP contribution in [0.25, 0.3) is 0 Å². The van der Waals surface area contributed by atoms with E-state index in [0.29, 0.717) is 13.1 Å². The highest BCUT2D eigenvalue weighted by Crippen LogP contribution is 2.63. The Balaban J connectivity index is 1.84. The van der Waals surface area contributed by atoms with E-state index < -0.39 is 11.0 Å². The van der Waals surface area contributed by atoms with E-state index >= 15 is 0 Å². The Morgan fingerprint density at radius 3 is 2.63 bits per heavy atom. The molecule has 1 N–H and O–H groups in total. The maximum Gasteiger partial charge on any atom is 0.407 e. The molecule has 0 spiro atoms. The third kappa shape index (κ3) is 1.59. The summed E-state index contributed by atoms with van der Waals surface area (Å²) in [5.41, 5.74) is 0.929. The van der Waals surface area contributed by atoms with Crippen LogP contribution in [-0.2, 0) is 5.41 Å². The predicted molar refractivity (Wildman–Crippen MR) is 67.0 cm³/mol. The molecule has 0 aromatic heterocycles. The molecule has 1 amide bonds. The van der Waals surface area contributed by atoms with E-state index in [2.05, 4.69) is 6.92 Å². The van der Waals surface area contributed by atoms with Gasteiger partial charge in [-0.05, 0) is 17.4 Å². The number of hydrogen-bond acceptors (Lipinski definition) is 3. The number of hydrogen-bond donors (Lipinski definition) is 1. The minimum atomic E-state index is -0.881. The van der Waals surface area contributed by atoms with E-state index in [9.17, 15) is 14.9 Å². The SMILES string of the molecule is CC1(c2cccc([N+](=O)[O-])c2)C2CN(C(=O)O)CC21. The number of carbonyl (C=O) groups is 1. The van der Waals surface area contributed by atoms with Gasteiger partial charge in [-0.15, -0.1) is 0 Å². The number of nitro benzene ring substituents is 1. The second kappa shape index (κ2) is 3.69. The molecule has 2 aliphatic rings. The lowest BCUT2D eigenvalue weighted by Gasteiger charge is -2.22. The number of piperidine rings is 1. The normalized spacial score (nSPS) is 31.9. The minimum absolute atomic E-state index is 0.0961. The third-order valence-corrected chi connectivity index (χ3v) is 4.70. The van der Waals surface area contributed by atoms with Crippen molar-refractivity contribution in [2.24, 2.45) is 11.8 Å². The zero-order valence-corrected chi connectivity index (χ0v) is 10.4.